The molecule has 3 nitrogen and oxygen atoms in total. The molecule has 70 valence electrons. The van der Waals surface area contributed by atoms with E-state index in [0.717, 1.165) is 25.0 Å². The van der Waals surface area contributed by atoms with E-state index < -0.39 is 0 Å². The van der Waals surface area contributed by atoms with Crippen molar-refractivity contribution in [2.45, 2.75) is 32.2 Å². The average molecular weight is 178 g/mol. The molecule has 0 spiro atoms. The molecule has 3 heteroatoms. The lowest BCUT2D eigenvalue weighted by Crippen LogP contribution is -2.21. The van der Waals surface area contributed by atoms with Crippen LogP contribution in [-0.2, 0) is 12.8 Å². The van der Waals surface area contributed by atoms with Crippen molar-refractivity contribution >= 4 is 0 Å². The highest BCUT2D eigenvalue weighted by atomic mass is 16.1. The molecule has 0 radical (unpaired) electrons. The molecule has 0 amide bonds. The summed E-state index contributed by atoms with van der Waals surface area (Å²) in [6.07, 6.45) is 3.23. The van der Waals surface area contributed by atoms with Crippen molar-refractivity contribution < 1.29 is 0 Å². The van der Waals surface area contributed by atoms with Gasteiger partial charge in [0.05, 0.1) is 0 Å². The lowest BCUT2D eigenvalue weighted by Gasteiger charge is -2.06. The van der Waals surface area contributed by atoms with Crippen molar-refractivity contribution in [2.75, 3.05) is 0 Å². The maximum Gasteiger partial charge on any atom is 0.252 e. The third-order valence-electron chi connectivity index (χ3n) is 2.61. The van der Waals surface area contributed by atoms with Gasteiger partial charge >= 0.3 is 0 Å². The zero-order valence-corrected chi connectivity index (χ0v) is 7.76. The van der Waals surface area contributed by atoms with Crippen LogP contribution in [0.25, 0.3) is 0 Å². The zero-order chi connectivity index (χ0) is 9.42. The Hall–Kier alpha value is -1.09. The van der Waals surface area contributed by atoms with Gasteiger partial charge in [0.25, 0.3) is 5.56 Å². The number of H-pyrrole nitrogens is 1. The van der Waals surface area contributed by atoms with E-state index in [1.807, 2.05) is 13.0 Å². The van der Waals surface area contributed by atoms with Crippen LogP contribution in [0, 0.1) is 0 Å². The minimum absolute atomic E-state index is 0.0179. The minimum Gasteiger partial charge on any atom is -0.326 e. The summed E-state index contributed by atoms with van der Waals surface area (Å²) in [5, 5.41) is 0. The van der Waals surface area contributed by atoms with E-state index in [4.69, 9.17) is 5.73 Å². The standard InChI is InChI=1S/C10H14N2O/c1-6(11)8-5-7-3-2-4-9(7)12-10(8)13/h5-6H,2-4,11H2,1H3,(H,12,13). The van der Waals surface area contributed by atoms with E-state index in [1.54, 1.807) is 0 Å². The number of aromatic amines is 1. The van der Waals surface area contributed by atoms with Crippen molar-refractivity contribution in [2.24, 2.45) is 5.73 Å². The topological polar surface area (TPSA) is 58.9 Å². The maximum absolute atomic E-state index is 11.5. The number of nitrogens with two attached hydrogens (primary N) is 1. The monoisotopic (exact) mass is 178 g/mol. The molecule has 0 fully saturated rings. The van der Waals surface area contributed by atoms with Gasteiger partial charge in [-0.2, -0.15) is 0 Å². The van der Waals surface area contributed by atoms with E-state index in [-0.39, 0.29) is 11.6 Å². The largest absolute Gasteiger partial charge is 0.326 e. The van der Waals surface area contributed by atoms with Crippen molar-refractivity contribution in [1.82, 2.24) is 4.98 Å². The van der Waals surface area contributed by atoms with Gasteiger partial charge in [-0.15, -0.1) is 0 Å². The Morgan fingerprint density at radius 2 is 2.31 bits per heavy atom. The molecule has 1 unspecified atom stereocenters. The van der Waals surface area contributed by atoms with Gasteiger partial charge in [0.15, 0.2) is 0 Å². The first-order valence-electron chi connectivity index (χ1n) is 4.69. The molecule has 3 N–H and O–H groups in total. The Balaban J connectivity index is 2.56. The first-order chi connectivity index (χ1) is 6.18. The summed E-state index contributed by atoms with van der Waals surface area (Å²) in [6, 6.07) is 1.79. The van der Waals surface area contributed by atoms with Crippen molar-refractivity contribution in [3.63, 3.8) is 0 Å². The Kier molecular flexibility index (Phi) is 1.96. The van der Waals surface area contributed by atoms with E-state index in [1.165, 1.54) is 5.56 Å². The number of hydrogen-bond acceptors (Lipinski definition) is 2. The van der Waals surface area contributed by atoms with Crippen LogP contribution >= 0.6 is 0 Å². The average Bonchev–Trinajstić information content (AvgIpc) is 2.48. The fraction of sp³-hybridized carbons (Fsp3) is 0.500. The van der Waals surface area contributed by atoms with Gasteiger partial charge in [0.2, 0.25) is 0 Å². The molecule has 1 aromatic rings. The Labute approximate surface area is 77.0 Å². The van der Waals surface area contributed by atoms with Crippen molar-refractivity contribution in [1.29, 1.82) is 0 Å². The molecular formula is C10H14N2O. The van der Waals surface area contributed by atoms with Crippen LogP contribution in [0.15, 0.2) is 10.9 Å². The second-order valence-electron chi connectivity index (χ2n) is 3.70. The fourth-order valence-corrected chi connectivity index (χ4v) is 1.87. The number of aromatic nitrogens is 1. The fourth-order valence-electron chi connectivity index (χ4n) is 1.87. The molecule has 0 bridgehead atoms. The van der Waals surface area contributed by atoms with Gasteiger partial charge in [-0.3, -0.25) is 4.79 Å². The second kappa shape index (κ2) is 3.00. The molecule has 0 aliphatic heterocycles. The van der Waals surface area contributed by atoms with Crippen molar-refractivity contribution in [3.05, 3.63) is 33.2 Å². The van der Waals surface area contributed by atoms with E-state index in [9.17, 15) is 4.79 Å². The van der Waals surface area contributed by atoms with Crippen LogP contribution in [0.4, 0.5) is 0 Å². The highest BCUT2D eigenvalue weighted by Gasteiger charge is 2.15. The van der Waals surface area contributed by atoms with Crippen LogP contribution in [-0.4, -0.2) is 4.98 Å². The van der Waals surface area contributed by atoms with Crippen molar-refractivity contribution in [3.8, 4) is 0 Å². The molecule has 0 aromatic carbocycles. The second-order valence-corrected chi connectivity index (χ2v) is 3.70. The number of pyridine rings is 1. The Morgan fingerprint density at radius 3 is 3.00 bits per heavy atom. The van der Waals surface area contributed by atoms with Gasteiger partial charge < -0.3 is 10.7 Å². The molecule has 1 aliphatic carbocycles. The number of rotatable bonds is 1. The van der Waals surface area contributed by atoms with Crippen LogP contribution in [0.1, 0.15) is 36.2 Å². The molecule has 1 heterocycles. The minimum atomic E-state index is -0.172. The van der Waals surface area contributed by atoms with Gasteiger partial charge in [-0.25, -0.2) is 0 Å². The first kappa shape index (κ1) is 8.51. The van der Waals surface area contributed by atoms with Crippen LogP contribution < -0.4 is 11.3 Å². The molecule has 1 aromatic heterocycles. The smallest absolute Gasteiger partial charge is 0.252 e. The first-order valence-corrected chi connectivity index (χ1v) is 4.69. The highest BCUT2D eigenvalue weighted by molar-refractivity contribution is 5.30. The molecule has 2 rings (SSSR count). The van der Waals surface area contributed by atoms with E-state index in [2.05, 4.69) is 4.98 Å². The maximum atomic E-state index is 11.5. The third-order valence-corrected chi connectivity index (χ3v) is 2.61. The number of fused-ring (bicyclic) bond motifs is 1. The van der Waals surface area contributed by atoms with Gasteiger partial charge in [-0.1, -0.05) is 0 Å². The SMILES string of the molecule is CC(N)c1cc2c([nH]c1=O)CCC2. The van der Waals surface area contributed by atoms with Crippen LogP contribution in [0.2, 0.25) is 0 Å². The summed E-state index contributed by atoms with van der Waals surface area (Å²) >= 11 is 0. The van der Waals surface area contributed by atoms with E-state index >= 15 is 0 Å². The number of aryl methyl sites for hydroxylation is 2. The number of nitrogens with one attached hydrogen (secondary N) is 1. The Morgan fingerprint density at radius 1 is 1.54 bits per heavy atom. The van der Waals surface area contributed by atoms with Gasteiger partial charge in [0, 0.05) is 17.3 Å². The summed E-state index contributed by atoms with van der Waals surface area (Å²) in [4.78, 5) is 14.4. The number of hydrogen-bond donors (Lipinski definition) is 2. The summed E-state index contributed by atoms with van der Waals surface area (Å²) in [6.45, 7) is 1.84. The third kappa shape index (κ3) is 1.40. The lowest BCUT2D eigenvalue weighted by molar-refractivity contribution is 0.794. The molecule has 13 heavy (non-hydrogen) atoms. The Bertz CT molecular complexity index is 379. The predicted molar refractivity (Wildman–Crippen MR) is 51.7 cm³/mol. The quantitative estimate of drug-likeness (QED) is 0.670. The predicted octanol–water partition coefficient (Wildman–Crippen LogP) is 0.883. The summed E-state index contributed by atoms with van der Waals surface area (Å²) in [5.41, 5.74) is 8.76. The molecular weight excluding hydrogens is 164 g/mol. The lowest BCUT2D eigenvalue weighted by atomic mass is 10.1. The van der Waals surface area contributed by atoms with Crippen LogP contribution in [0.3, 0.4) is 0 Å². The normalized spacial score (nSPS) is 17.1. The summed E-state index contributed by atoms with van der Waals surface area (Å²) in [7, 11) is 0. The van der Waals surface area contributed by atoms with Gasteiger partial charge in [-0.05, 0) is 37.8 Å². The van der Waals surface area contributed by atoms with E-state index in [0.29, 0.717) is 5.56 Å². The molecule has 1 atom stereocenters. The molecule has 0 saturated carbocycles. The summed E-state index contributed by atoms with van der Waals surface area (Å²) < 4.78 is 0. The molecule has 1 aliphatic rings. The zero-order valence-electron chi connectivity index (χ0n) is 7.76. The van der Waals surface area contributed by atoms with Crippen LogP contribution in [0.5, 0.6) is 0 Å². The summed E-state index contributed by atoms with van der Waals surface area (Å²) in [5.74, 6) is 0. The highest BCUT2D eigenvalue weighted by Crippen LogP contribution is 2.20. The van der Waals surface area contributed by atoms with Gasteiger partial charge in [0.1, 0.15) is 0 Å². The molecule has 0 saturated heterocycles.